The van der Waals surface area contributed by atoms with Crippen LogP contribution < -0.4 is 5.32 Å². The normalized spacial score (nSPS) is 15.6. The molecular weight excluding hydrogens is 323 g/mol. The molecule has 2 aromatic carbocycles. The van der Waals surface area contributed by atoms with Gasteiger partial charge in [-0.1, -0.05) is 41.6 Å². The maximum atomic E-state index is 13.2. The fourth-order valence-corrected chi connectivity index (χ4v) is 4.21. The molecule has 0 fully saturated rings. The van der Waals surface area contributed by atoms with Crippen LogP contribution in [0.5, 0.6) is 0 Å². The summed E-state index contributed by atoms with van der Waals surface area (Å²) in [4.78, 5) is -0.132. The minimum absolute atomic E-state index is 0.132. The molecule has 0 aromatic heterocycles. The number of sulfonamides is 1. The lowest BCUT2D eigenvalue weighted by atomic mass is 10.2. The highest BCUT2D eigenvalue weighted by Gasteiger charge is 2.25. The van der Waals surface area contributed by atoms with Crippen LogP contribution in [0.4, 0.5) is 10.1 Å². The maximum Gasteiger partial charge on any atom is 0.286 e. The lowest BCUT2D eigenvalue weighted by Crippen LogP contribution is -2.19. The van der Waals surface area contributed by atoms with E-state index in [1.807, 2.05) is 31.2 Å². The molecule has 0 saturated heterocycles. The van der Waals surface area contributed by atoms with Gasteiger partial charge in [-0.05, 0) is 30.7 Å². The highest BCUT2D eigenvalue weighted by atomic mass is 32.2. The van der Waals surface area contributed by atoms with Gasteiger partial charge in [0.15, 0.2) is 5.17 Å². The minimum Gasteiger partial charge on any atom is -0.333 e. The van der Waals surface area contributed by atoms with Crippen LogP contribution in [0.2, 0.25) is 0 Å². The summed E-state index contributed by atoms with van der Waals surface area (Å²) >= 11 is 1.29. The van der Waals surface area contributed by atoms with E-state index >= 15 is 0 Å². The molecule has 1 aliphatic rings. The van der Waals surface area contributed by atoms with Crippen molar-refractivity contribution in [2.45, 2.75) is 17.6 Å². The van der Waals surface area contributed by atoms with Gasteiger partial charge in [-0.2, -0.15) is 8.42 Å². The summed E-state index contributed by atoms with van der Waals surface area (Å²) in [6.07, 6.45) is 0. The van der Waals surface area contributed by atoms with Gasteiger partial charge in [0.1, 0.15) is 10.7 Å². The Balaban J connectivity index is 1.81. The zero-order valence-corrected chi connectivity index (χ0v) is 13.3. The Bertz CT molecular complexity index is 846. The van der Waals surface area contributed by atoms with Gasteiger partial charge in [0.25, 0.3) is 10.0 Å². The predicted molar refractivity (Wildman–Crippen MR) is 87.1 cm³/mol. The summed E-state index contributed by atoms with van der Waals surface area (Å²) in [5.41, 5.74) is 2.59. The summed E-state index contributed by atoms with van der Waals surface area (Å²) < 4.78 is 41.1. The fourth-order valence-electron chi connectivity index (χ4n) is 2.01. The standard InChI is InChI=1S/C15H13FN2O2S2/c1-10-2-4-11(5-3-10)9-21-15-17-13-7-6-12(16)8-14(13)22(19,20)18-15/h2-8H,9H2,1H3,(H,17,18). The van der Waals surface area contributed by atoms with E-state index < -0.39 is 15.8 Å². The maximum absolute atomic E-state index is 13.2. The topological polar surface area (TPSA) is 58.5 Å². The lowest BCUT2D eigenvalue weighted by molar-refractivity contribution is 0.592. The molecular formula is C15H13FN2O2S2. The summed E-state index contributed by atoms with van der Waals surface area (Å²) in [6, 6.07) is 11.6. The Hall–Kier alpha value is -1.86. The lowest BCUT2D eigenvalue weighted by Gasteiger charge is -2.17. The molecule has 4 nitrogen and oxygen atoms in total. The SMILES string of the molecule is Cc1ccc(CSC2=NS(=O)(=O)c3cc(F)ccc3N2)cc1. The van der Waals surface area contributed by atoms with Crippen LogP contribution >= 0.6 is 11.8 Å². The summed E-state index contributed by atoms with van der Waals surface area (Å²) in [6.45, 7) is 2.01. The van der Waals surface area contributed by atoms with Crippen molar-refractivity contribution >= 4 is 32.6 Å². The minimum atomic E-state index is -3.86. The molecule has 0 atom stereocenters. The van der Waals surface area contributed by atoms with Gasteiger partial charge in [-0.25, -0.2) is 4.39 Å². The van der Waals surface area contributed by atoms with Gasteiger partial charge < -0.3 is 5.32 Å². The number of nitrogens with one attached hydrogen (secondary N) is 1. The largest absolute Gasteiger partial charge is 0.333 e. The molecule has 0 spiro atoms. The van der Waals surface area contributed by atoms with E-state index in [2.05, 4.69) is 9.71 Å². The molecule has 0 unspecified atom stereocenters. The first-order valence-electron chi connectivity index (χ1n) is 6.54. The Labute approximate surface area is 132 Å². The number of anilines is 1. The number of fused-ring (bicyclic) bond motifs is 1. The number of thioether (sulfide) groups is 1. The average molecular weight is 336 g/mol. The Kier molecular flexibility index (Phi) is 3.92. The first kappa shape index (κ1) is 15.1. The third kappa shape index (κ3) is 3.15. The smallest absolute Gasteiger partial charge is 0.286 e. The molecule has 7 heteroatoms. The van der Waals surface area contributed by atoms with E-state index in [4.69, 9.17) is 0 Å². The summed E-state index contributed by atoms with van der Waals surface area (Å²) in [7, 11) is -3.86. The molecule has 0 aliphatic carbocycles. The summed E-state index contributed by atoms with van der Waals surface area (Å²) in [5.74, 6) is -0.00638. The third-order valence-electron chi connectivity index (χ3n) is 3.16. The second-order valence-electron chi connectivity index (χ2n) is 4.91. The van der Waals surface area contributed by atoms with E-state index in [1.54, 1.807) is 0 Å². The molecule has 1 heterocycles. The van der Waals surface area contributed by atoms with Crippen LogP contribution in [0.1, 0.15) is 11.1 Å². The number of rotatable bonds is 2. The van der Waals surface area contributed by atoms with Crippen LogP contribution in [0.15, 0.2) is 51.8 Å². The molecule has 1 N–H and O–H groups in total. The van der Waals surface area contributed by atoms with Crippen molar-refractivity contribution < 1.29 is 12.8 Å². The van der Waals surface area contributed by atoms with Crippen LogP contribution in [0.3, 0.4) is 0 Å². The molecule has 0 radical (unpaired) electrons. The van der Waals surface area contributed by atoms with Crippen molar-refractivity contribution in [3.05, 3.63) is 59.4 Å². The molecule has 114 valence electrons. The monoisotopic (exact) mass is 336 g/mol. The van der Waals surface area contributed by atoms with Crippen LogP contribution in [-0.4, -0.2) is 13.6 Å². The van der Waals surface area contributed by atoms with Crippen LogP contribution in [0, 0.1) is 12.7 Å². The molecule has 22 heavy (non-hydrogen) atoms. The number of benzene rings is 2. The zero-order valence-electron chi connectivity index (χ0n) is 11.7. The van der Waals surface area contributed by atoms with Gasteiger partial charge >= 0.3 is 0 Å². The van der Waals surface area contributed by atoms with E-state index in [0.717, 1.165) is 11.6 Å². The van der Waals surface area contributed by atoms with Gasteiger partial charge in [-0.3, -0.25) is 0 Å². The predicted octanol–water partition coefficient (Wildman–Crippen LogP) is 3.54. The van der Waals surface area contributed by atoms with E-state index in [-0.39, 0.29) is 4.90 Å². The third-order valence-corrected chi connectivity index (χ3v) is 5.54. The number of amidine groups is 1. The van der Waals surface area contributed by atoms with Crippen molar-refractivity contribution in [1.82, 2.24) is 0 Å². The van der Waals surface area contributed by atoms with Gasteiger partial charge in [-0.15, -0.1) is 4.40 Å². The van der Waals surface area contributed by atoms with Gasteiger partial charge in [0, 0.05) is 5.75 Å². The van der Waals surface area contributed by atoms with Gasteiger partial charge in [0.05, 0.1) is 5.69 Å². The number of aryl methyl sites for hydroxylation is 1. The van der Waals surface area contributed by atoms with Crippen molar-refractivity contribution in [3.63, 3.8) is 0 Å². The Morgan fingerprint density at radius 1 is 1.18 bits per heavy atom. The van der Waals surface area contributed by atoms with E-state index in [9.17, 15) is 12.8 Å². The van der Waals surface area contributed by atoms with Crippen LogP contribution in [-0.2, 0) is 15.8 Å². The molecule has 0 bridgehead atoms. The zero-order chi connectivity index (χ0) is 15.7. The summed E-state index contributed by atoms with van der Waals surface area (Å²) in [5, 5.41) is 3.22. The first-order chi connectivity index (χ1) is 10.4. The van der Waals surface area contributed by atoms with E-state index in [0.29, 0.717) is 16.6 Å². The van der Waals surface area contributed by atoms with E-state index in [1.165, 1.54) is 29.5 Å². The second kappa shape index (κ2) is 5.73. The van der Waals surface area contributed by atoms with Crippen molar-refractivity contribution in [3.8, 4) is 0 Å². The second-order valence-corrected chi connectivity index (χ2v) is 7.45. The van der Waals surface area contributed by atoms with Crippen molar-refractivity contribution in [2.75, 3.05) is 5.32 Å². The fraction of sp³-hybridized carbons (Fsp3) is 0.133. The van der Waals surface area contributed by atoms with Crippen LogP contribution in [0.25, 0.3) is 0 Å². The Morgan fingerprint density at radius 3 is 2.64 bits per heavy atom. The number of nitrogens with zero attached hydrogens (tertiary/aromatic N) is 1. The average Bonchev–Trinajstić information content (AvgIpc) is 2.47. The molecule has 3 rings (SSSR count). The molecule has 0 saturated carbocycles. The number of hydrogen-bond acceptors (Lipinski definition) is 4. The molecule has 0 amide bonds. The number of halogens is 1. The van der Waals surface area contributed by atoms with Crippen molar-refractivity contribution in [2.24, 2.45) is 4.40 Å². The molecule has 2 aromatic rings. The van der Waals surface area contributed by atoms with Gasteiger partial charge in [0.2, 0.25) is 0 Å². The van der Waals surface area contributed by atoms with Crippen molar-refractivity contribution in [1.29, 1.82) is 0 Å². The highest BCUT2D eigenvalue weighted by molar-refractivity contribution is 8.14. The highest BCUT2D eigenvalue weighted by Crippen LogP contribution is 2.30. The Morgan fingerprint density at radius 2 is 1.91 bits per heavy atom. The quantitative estimate of drug-likeness (QED) is 0.911. The number of hydrogen-bond donors (Lipinski definition) is 1. The molecule has 1 aliphatic heterocycles. The first-order valence-corrected chi connectivity index (χ1v) is 8.96.